The summed E-state index contributed by atoms with van der Waals surface area (Å²) in [7, 11) is 0. The van der Waals surface area contributed by atoms with Crippen LogP contribution in [0.1, 0.15) is 5.56 Å². The average Bonchev–Trinajstić information content (AvgIpc) is 1.80. The van der Waals surface area contributed by atoms with Gasteiger partial charge < -0.3 is 11.3 Å². The minimum atomic E-state index is -0.560. The van der Waals surface area contributed by atoms with Crippen molar-refractivity contribution in [3.63, 3.8) is 0 Å². The van der Waals surface area contributed by atoms with E-state index in [9.17, 15) is 4.39 Å². The number of aromatic hydroxyl groups is 1. The number of benzene rings is 1. The van der Waals surface area contributed by atoms with Gasteiger partial charge in [-0.1, -0.05) is 6.07 Å². The molecule has 0 aliphatic heterocycles. The molecule has 10 heavy (non-hydrogen) atoms. The molecule has 0 atom stereocenters. The number of phenols is 1. The largest absolute Gasteiger partial charge is 0.505 e. The zero-order valence-electron chi connectivity index (χ0n) is 5.76. The van der Waals surface area contributed by atoms with Gasteiger partial charge in [0.2, 0.25) is 0 Å². The summed E-state index contributed by atoms with van der Waals surface area (Å²) in [4.78, 5) is 0. The molecule has 1 rings (SSSR count). The van der Waals surface area contributed by atoms with Crippen LogP contribution in [0, 0.1) is 12.7 Å². The molecule has 0 aromatic heterocycles. The quantitative estimate of drug-likeness (QED) is 0.583. The predicted octanol–water partition coefficient (Wildman–Crippen LogP) is 2.00. The van der Waals surface area contributed by atoms with Crippen molar-refractivity contribution in [1.29, 1.82) is 0 Å². The fraction of sp³-hybridized carbons (Fsp3) is 0.143. The molecular formula is C7H10FNO. The number of phenolic OH excluding ortho intramolecular Hbond substituents is 1. The average molecular weight is 143 g/mol. The van der Waals surface area contributed by atoms with Gasteiger partial charge in [0.05, 0.1) is 0 Å². The Hall–Kier alpha value is -1.09. The van der Waals surface area contributed by atoms with Gasteiger partial charge in [0, 0.05) is 0 Å². The fourth-order valence-electron chi connectivity index (χ4n) is 0.612. The molecule has 0 bridgehead atoms. The van der Waals surface area contributed by atoms with Crippen molar-refractivity contribution >= 4 is 0 Å². The molecule has 1 aromatic rings. The van der Waals surface area contributed by atoms with Crippen LogP contribution in [-0.4, -0.2) is 5.11 Å². The summed E-state index contributed by atoms with van der Waals surface area (Å²) >= 11 is 0. The molecule has 0 aliphatic carbocycles. The molecule has 0 spiro atoms. The van der Waals surface area contributed by atoms with Crippen molar-refractivity contribution in [1.82, 2.24) is 6.15 Å². The smallest absolute Gasteiger partial charge is 0.165 e. The van der Waals surface area contributed by atoms with Crippen molar-refractivity contribution in [2.45, 2.75) is 6.92 Å². The Labute approximate surface area is 58.9 Å². The second kappa shape index (κ2) is 3.17. The molecule has 0 unspecified atom stereocenters. The summed E-state index contributed by atoms with van der Waals surface area (Å²) in [5, 5.41) is 8.67. The van der Waals surface area contributed by atoms with Crippen LogP contribution in [0.25, 0.3) is 0 Å². The van der Waals surface area contributed by atoms with E-state index < -0.39 is 5.82 Å². The monoisotopic (exact) mass is 143 g/mol. The highest BCUT2D eigenvalue weighted by molar-refractivity contribution is 5.26. The van der Waals surface area contributed by atoms with Crippen LogP contribution in [0.4, 0.5) is 4.39 Å². The van der Waals surface area contributed by atoms with Crippen LogP contribution < -0.4 is 6.15 Å². The third-order valence-corrected chi connectivity index (χ3v) is 1.10. The molecule has 3 heteroatoms. The summed E-state index contributed by atoms with van der Waals surface area (Å²) < 4.78 is 12.3. The highest BCUT2D eigenvalue weighted by Gasteiger charge is 1.96. The predicted molar refractivity (Wildman–Crippen MR) is 37.8 cm³/mol. The van der Waals surface area contributed by atoms with Gasteiger partial charge in [-0.15, -0.1) is 0 Å². The third-order valence-electron chi connectivity index (χ3n) is 1.10. The van der Waals surface area contributed by atoms with E-state index in [1.165, 1.54) is 12.1 Å². The van der Waals surface area contributed by atoms with Crippen LogP contribution in [0.2, 0.25) is 0 Å². The lowest BCUT2D eigenvalue weighted by Gasteiger charge is -1.93. The normalized spacial score (nSPS) is 8.60. The van der Waals surface area contributed by atoms with Gasteiger partial charge in [-0.2, -0.15) is 0 Å². The summed E-state index contributed by atoms with van der Waals surface area (Å²) in [5.41, 5.74) is 0.810. The third kappa shape index (κ3) is 1.70. The van der Waals surface area contributed by atoms with Crippen LogP contribution in [0.3, 0.4) is 0 Å². The lowest BCUT2D eigenvalue weighted by atomic mass is 10.2. The molecule has 1 aromatic carbocycles. The van der Waals surface area contributed by atoms with E-state index in [0.717, 1.165) is 5.56 Å². The number of rotatable bonds is 0. The van der Waals surface area contributed by atoms with Gasteiger partial charge in [-0.3, -0.25) is 0 Å². The van der Waals surface area contributed by atoms with Crippen molar-refractivity contribution < 1.29 is 9.50 Å². The Morgan fingerprint density at radius 3 is 2.40 bits per heavy atom. The van der Waals surface area contributed by atoms with Crippen molar-refractivity contribution in [3.8, 4) is 5.75 Å². The van der Waals surface area contributed by atoms with Crippen molar-refractivity contribution in [2.24, 2.45) is 0 Å². The number of halogens is 1. The van der Waals surface area contributed by atoms with Gasteiger partial charge in [0.25, 0.3) is 0 Å². The van der Waals surface area contributed by atoms with E-state index in [-0.39, 0.29) is 11.9 Å². The van der Waals surface area contributed by atoms with Gasteiger partial charge in [0.15, 0.2) is 11.6 Å². The Morgan fingerprint density at radius 1 is 1.40 bits per heavy atom. The topological polar surface area (TPSA) is 55.2 Å². The van der Waals surface area contributed by atoms with Crippen LogP contribution in [0.15, 0.2) is 18.2 Å². The number of hydrogen-bond donors (Lipinski definition) is 2. The molecule has 56 valence electrons. The summed E-state index contributed by atoms with van der Waals surface area (Å²) in [5.74, 6) is -0.851. The lowest BCUT2D eigenvalue weighted by molar-refractivity contribution is 0.432. The molecule has 0 aliphatic rings. The van der Waals surface area contributed by atoms with E-state index >= 15 is 0 Å². The maximum atomic E-state index is 12.3. The molecule has 0 fully saturated rings. The van der Waals surface area contributed by atoms with Crippen molar-refractivity contribution in [2.75, 3.05) is 0 Å². The Bertz CT molecular complexity index is 225. The maximum absolute atomic E-state index is 12.3. The molecular weight excluding hydrogens is 133 g/mol. The fourth-order valence-corrected chi connectivity index (χ4v) is 0.612. The van der Waals surface area contributed by atoms with Crippen molar-refractivity contribution in [3.05, 3.63) is 29.6 Å². The van der Waals surface area contributed by atoms with E-state index in [2.05, 4.69) is 0 Å². The number of hydrogen-bond acceptors (Lipinski definition) is 2. The van der Waals surface area contributed by atoms with E-state index in [0.29, 0.717) is 0 Å². The maximum Gasteiger partial charge on any atom is 0.165 e. The zero-order valence-corrected chi connectivity index (χ0v) is 5.76. The summed E-state index contributed by atoms with van der Waals surface area (Å²) in [6.45, 7) is 1.77. The highest BCUT2D eigenvalue weighted by atomic mass is 19.1. The van der Waals surface area contributed by atoms with Crippen LogP contribution in [0.5, 0.6) is 5.75 Å². The SMILES string of the molecule is Cc1ccc(O)c(F)c1.N. The molecule has 0 saturated carbocycles. The molecule has 0 heterocycles. The van der Waals surface area contributed by atoms with E-state index in [4.69, 9.17) is 5.11 Å². The molecule has 0 amide bonds. The molecule has 2 nitrogen and oxygen atoms in total. The zero-order chi connectivity index (χ0) is 6.85. The second-order valence-corrected chi connectivity index (χ2v) is 1.95. The van der Waals surface area contributed by atoms with Gasteiger partial charge in [-0.05, 0) is 24.6 Å². The number of aryl methyl sites for hydroxylation is 1. The standard InChI is InChI=1S/C7H7FO.H3N/c1-5-2-3-7(9)6(8)4-5;/h2-4,9H,1H3;1H3. The minimum Gasteiger partial charge on any atom is -0.505 e. The first-order valence-electron chi connectivity index (χ1n) is 2.65. The van der Waals surface area contributed by atoms with E-state index in [1.807, 2.05) is 0 Å². The first-order valence-corrected chi connectivity index (χ1v) is 2.65. The molecule has 0 radical (unpaired) electrons. The highest BCUT2D eigenvalue weighted by Crippen LogP contribution is 2.14. The molecule has 0 saturated heterocycles. The molecule has 4 N–H and O–H groups in total. The Balaban J connectivity index is 0.000000810. The second-order valence-electron chi connectivity index (χ2n) is 1.95. The van der Waals surface area contributed by atoms with Gasteiger partial charge in [-0.25, -0.2) is 4.39 Å². The first-order chi connectivity index (χ1) is 4.20. The van der Waals surface area contributed by atoms with Gasteiger partial charge >= 0.3 is 0 Å². The van der Waals surface area contributed by atoms with Gasteiger partial charge in [0.1, 0.15) is 0 Å². The summed E-state index contributed by atoms with van der Waals surface area (Å²) in [6.07, 6.45) is 0. The summed E-state index contributed by atoms with van der Waals surface area (Å²) in [6, 6.07) is 4.28. The Morgan fingerprint density at radius 2 is 2.00 bits per heavy atom. The first kappa shape index (κ1) is 8.91. The van der Waals surface area contributed by atoms with E-state index in [1.54, 1.807) is 13.0 Å². The lowest BCUT2D eigenvalue weighted by Crippen LogP contribution is -1.76. The van der Waals surface area contributed by atoms with Crippen LogP contribution in [-0.2, 0) is 0 Å². The minimum absolute atomic E-state index is 0. The Kier molecular flexibility index (Phi) is 2.83. The van der Waals surface area contributed by atoms with Crippen LogP contribution >= 0.6 is 0 Å².